The maximum absolute atomic E-state index is 6.28. The minimum Gasteiger partial charge on any atom is -0.472 e. The summed E-state index contributed by atoms with van der Waals surface area (Å²) >= 11 is 6.28. The minimum atomic E-state index is 0.103. The normalized spacial score (nSPS) is 12.1. The van der Waals surface area contributed by atoms with Crippen LogP contribution in [0.1, 0.15) is 11.1 Å². The van der Waals surface area contributed by atoms with Crippen LogP contribution in [0.2, 0.25) is 5.15 Å². The van der Waals surface area contributed by atoms with E-state index in [2.05, 4.69) is 15.0 Å². The summed E-state index contributed by atoms with van der Waals surface area (Å²) in [5.41, 5.74) is 2.50. The molecule has 3 heterocycles. The number of ether oxygens (including phenoxy) is 4. The van der Waals surface area contributed by atoms with E-state index in [-0.39, 0.29) is 24.6 Å². The first-order chi connectivity index (χ1) is 15.2. The Kier molecular flexibility index (Phi) is 5.05. The van der Waals surface area contributed by atoms with Crippen molar-refractivity contribution in [3.05, 3.63) is 77.5 Å². The first kappa shape index (κ1) is 19.2. The molecule has 0 saturated carbocycles. The van der Waals surface area contributed by atoms with Crippen LogP contribution in [0.15, 0.2) is 61.2 Å². The lowest BCUT2D eigenvalue weighted by atomic mass is 10.2. The highest BCUT2D eigenvalue weighted by molar-refractivity contribution is 6.30. The van der Waals surface area contributed by atoms with Gasteiger partial charge >= 0.3 is 6.01 Å². The molecule has 0 radical (unpaired) electrons. The van der Waals surface area contributed by atoms with Crippen LogP contribution in [0, 0.1) is 6.92 Å². The number of fused-ring (bicyclic) bond motifs is 1. The molecule has 156 valence electrons. The van der Waals surface area contributed by atoms with Crippen molar-refractivity contribution in [2.45, 2.75) is 13.5 Å². The van der Waals surface area contributed by atoms with Crippen LogP contribution in [0.5, 0.6) is 29.1 Å². The van der Waals surface area contributed by atoms with E-state index in [1.807, 2.05) is 53.2 Å². The number of rotatable bonds is 6. The molecule has 2 aromatic carbocycles. The second-order valence-corrected chi connectivity index (χ2v) is 7.13. The lowest BCUT2D eigenvalue weighted by Gasteiger charge is -2.12. The predicted octanol–water partition coefficient (Wildman–Crippen LogP) is 4.72. The molecule has 2 aromatic heterocycles. The summed E-state index contributed by atoms with van der Waals surface area (Å²) in [6.45, 7) is 2.30. The second-order valence-electron chi connectivity index (χ2n) is 6.77. The lowest BCUT2D eigenvalue weighted by molar-refractivity contribution is 0.174. The molecule has 5 rings (SSSR count). The Morgan fingerprint density at radius 3 is 2.71 bits per heavy atom. The molecule has 0 atom stereocenters. The van der Waals surface area contributed by atoms with Crippen molar-refractivity contribution in [2.75, 3.05) is 6.79 Å². The van der Waals surface area contributed by atoms with Gasteiger partial charge in [0.25, 0.3) is 0 Å². The van der Waals surface area contributed by atoms with Crippen molar-refractivity contribution in [1.29, 1.82) is 0 Å². The zero-order valence-corrected chi connectivity index (χ0v) is 17.2. The van der Waals surface area contributed by atoms with Crippen molar-refractivity contribution < 1.29 is 18.9 Å². The van der Waals surface area contributed by atoms with Crippen LogP contribution < -0.4 is 18.9 Å². The minimum absolute atomic E-state index is 0.103. The summed E-state index contributed by atoms with van der Waals surface area (Å²) in [7, 11) is 0. The summed E-state index contributed by atoms with van der Waals surface area (Å²) < 4.78 is 24.3. The van der Waals surface area contributed by atoms with Gasteiger partial charge in [-0.15, -0.1) is 0 Å². The molecule has 8 nitrogen and oxygen atoms in total. The van der Waals surface area contributed by atoms with E-state index in [0.717, 1.165) is 17.0 Å². The number of halogens is 1. The van der Waals surface area contributed by atoms with Crippen LogP contribution in [0.4, 0.5) is 0 Å². The van der Waals surface area contributed by atoms with Crippen LogP contribution in [0.25, 0.3) is 5.69 Å². The molecular formula is C22H17ClN4O4. The summed E-state index contributed by atoms with van der Waals surface area (Å²) in [4.78, 5) is 12.6. The number of hydrogen-bond donors (Lipinski definition) is 0. The highest BCUT2D eigenvalue weighted by Crippen LogP contribution is 2.33. The van der Waals surface area contributed by atoms with Crippen LogP contribution in [-0.2, 0) is 6.61 Å². The number of nitrogens with zero attached hydrogens (tertiary/aromatic N) is 4. The molecule has 0 N–H and O–H groups in total. The monoisotopic (exact) mass is 436 g/mol. The van der Waals surface area contributed by atoms with Crippen LogP contribution in [-0.4, -0.2) is 26.3 Å². The van der Waals surface area contributed by atoms with E-state index in [0.29, 0.717) is 22.9 Å². The molecule has 0 aliphatic carbocycles. The summed E-state index contributed by atoms with van der Waals surface area (Å²) in [5, 5.41) is 0.265. The quantitative estimate of drug-likeness (QED) is 0.404. The van der Waals surface area contributed by atoms with Gasteiger partial charge in [-0.05, 0) is 48.9 Å². The van der Waals surface area contributed by atoms with Crippen molar-refractivity contribution in [2.24, 2.45) is 0 Å². The van der Waals surface area contributed by atoms with E-state index in [1.54, 1.807) is 19.4 Å². The third-order valence-corrected chi connectivity index (χ3v) is 5.05. The average Bonchev–Trinajstić information content (AvgIpc) is 3.47. The molecule has 1 aliphatic heterocycles. The highest BCUT2D eigenvalue weighted by Gasteiger charge is 2.16. The number of aromatic nitrogens is 4. The van der Waals surface area contributed by atoms with Crippen LogP contribution >= 0.6 is 11.6 Å². The van der Waals surface area contributed by atoms with E-state index >= 15 is 0 Å². The van der Waals surface area contributed by atoms with Crippen molar-refractivity contribution in [3.63, 3.8) is 0 Å². The maximum atomic E-state index is 6.28. The zero-order chi connectivity index (χ0) is 21.2. The molecule has 0 amide bonds. The fraction of sp³-hybridized carbons (Fsp3) is 0.136. The molecule has 4 aromatic rings. The summed E-state index contributed by atoms with van der Waals surface area (Å²) in [6, 6.07) is 13.2. The maximum Gasteiger partial charge on any atom is 0.326 e. The van der Waals surface area contributed by atoms with Crippen molar-refractivity contribution in [3.8, 4) is 34.8 Å². The standard InChI is InChI=1S/C22H17ClN4O4/c1-14-20(23)25-22(31-17-5-3-16(4-6-17)27-9-8-24-12-27)26-21(14)28-11-15-2-7-18-19(10-15)30-13-29-18/h2-10,12H,11,13H2,1H3. The van der Waals surface area contributed by atoms with Gasteiger partial charge in [0, 0.05) is 23.6 Å². The van der Waals surface area contributed by atoms with Gasteiger partial charge in [0.1, 0.15) is 17.5 Å². The topological polar surface area (TPSA) is 80.5 Å². The zero-order valence-electron chi connectivity index (χ0n) is 16.5. The van der Waals surface area contributed by atoms with Crippen molar-refractivity contribution >= 4 is 11.6 Å². The predicted molar refractivity (Wildman–Crippen MR) is 112 cm³/mol. The Morgan fingerprint density at radius 2 is 1.90 bits per heavy atom. The van der Waals surface area contributed by atoms with E-state index < -0.39 is 0 Å². The van der Waals surface area contributed by atoms with Gasteiger partial charge in [0.15, 0.2) is 11.5 Å². The molecule has 0 bridgehead atoms. The molecule has 0 fully saturated rings. The van der Waals surface area contributed by atoms with E-state index in [4.69, 9.17) is 30.5 Å². The lowest BCUT2D eigenvalue weighted by Crippen LogP contribution is -2.03. The van der Waals surface area contributed by atoms with Gasteiger partial charge in [-0.1, -0.05) is 17.7 Å². The third kappa shape index (κ3) is 4.10. The smallest absolute Gasteiger partial charge is 0.326 e. The Bertz CT molecular complexity index is 1210. The number of imidazole rings is 1. The van der Waals surface area contributed by atoms with Gasteiger partial charge in [-0.3, -0.25) is 0 Å². The second kappa shape index (κ2) is 8.16. The molecule has 9 heteroatoms. The molecule has 0 spiro atoms. The summed E-state index contributed by atoms with van der Waals surface area (Å²) in [5.74, 6) is 2.34. The van der Waals surface area contributed by atoms with E-state index in [9.17, 15) is 0 Å². The average molecular weight is 437 g/mol. The number of hydrogen-bond acceptors (Lipinski definition) is 7. The van der Waals surface area contributed by atoms with E-state index in [1.165, 1.54) is 0 Å². The van der Waals surface area contributed by atoms with Crippen molar-refractivity contribution in [1.82, 2.24) is 19.5 Å². The summed E-state index contributed by atoms with van der Waals surface area (Å²) in [6.07, 6.45) is 5.31. The fourth-order valence-corrected chi connectivity index (χ4v) is 3.18. The molecule has 31 heavy (non-hydrogen) atoms. The van der Waals surface area contributed by atoms with Gasteiger partial charge in [-0.25, -0.2) is 4.98 Å². The molecular weight excluding hydrogens is 420 g/mol. The molecule has 0 saturated heterocycles. The van der Waals surface area contributed by atoms with Gasteiger partial charge < -0.3 is 23.5 Å². The first-order valence-electron chi connectivity index (χ1n) is 9.47. The van der Waals surface area contributed by atoms with Gasteiger partial charge in [-0.2, -0.15) is 9.97 Å². The molecule has 1 aliphatic rings. The third-order valence-electron chi connectivity index (χ3n) is 4.68. The van der Waals surface area contributed by atoms with Gasteiger partial charge in [0.05, 0.1) is 6.33 Å². The highest BCUT2D eigenvalue weighted by atomic mass is 35.5. The first-order valence-corrected chi connectivity index (χ1v) is 9.85. The fourth-order valence-electron chi connectivity index (χ4n) is 3.02. The van der Waals surface area contributed by atoms with Crippen LogP contribution in [0.3, 0.4) is 0 Å². The largest absolute Gasteiger partial charge is 0.472 e. The Labute approximate surface area is 183 Å². The Morgan fingerprint density at radius 1 is 1.06 bits per heavy atom. The SMILES string of the molecule is Cc1c(Cl)nc(Oc2ccc(-n3ccnc3)cc2)nc1OCc1ccc2c(c1)OCO2. The molecule has 0 unspecified atom stereocenters. The Hall–Kier alpha value is -3.78. The van der Waals surface area contributed by atoms with Gasteiger partial charge in [0.2, 0.25) is 12.7 Å². The number of benzene rings is 2. The Balaban J connectivity index is 1.31.